The van der Waals surface area contributed by atoms with E-state index in [0.717, 1.165) is 15.6 Å². The van der Waals surface area contributed by atoms with Crippen LogP contribution in [0, 0.1) is 0 Å². The second-order valence-electron chi connectivity index (χ2n) is 6.86. The fourth-order valence-corrected chi connectivity index (χ4v) is 3.64. The SMILES string of the molecule is CCOC(=O)C1=C(Cn2cc(-c3ccccc3)nn2)NC(=O)NC1c1ccc(Br)cc1. The maximum Gasteiger partial charge on any atom is 0.338 e. The molecule has 158 valence electrons. The van der Waals surface area contributed by atoms with Crippen molar-refractivity contribution in [3.8, 4) is 11.3 Å². The summed E-state index contributed by atoms with van der Waals surface area (Å²) in [5.41, 5.74) is 3.14. The molecular weight excluding hydrogens is 462 g/mol. The maximum absolute atomic E-state index is 12.9. The van der Waals surface area contributed by atoms with Crippen LogP contribution in [-0.2, 0) is 16.1 Å². The molecule has 2 N–H and O–H groups in total. The number of esters is 1. The molecule has 1 aliphatic rings. The molecule has 9 heteroatoms. The number of allylic oxidation sites excluding steroid dienone is 1. The second-order valence-corrected chi connectivity index (χ2v) is 7.78. The average molecular weight is 482 g/mol. The molecule has 0 spiro atoms. The summed E-state index contributed by atoms with van der Waals surface area (Å²) in [5, 5.41) is 13.9. The van der Waals surface area contributed by atoms with E-state index in [1.54, 1.807) is 17.8 Å². The highest BCUT2D eigenvalue weighted by Gasteiger charge is 2.34. The molecule has 1 unspecified atom stereocenters. The highest BCUT2D eigenvalue weighted by Crippen LogP contribution is 2.29. The van der Waals surface area contributed by atoms with E-state index in [9.17, 15) is 9.59 Å². The van der Waals surface area contributed by atoms with Crippen LogP contribution in [0.1, 0.15) is 18.5 Å². The fourth-order valence-electron chi connectivity index (χ4n) is 3.38. The number of nitrogens with zero attached hydrogens (tertiary/aromatic N) is 3. The third kappa shape index (κ3) is 4.66. The zero-order valence-corrected chi connectivity index (χ0v) is 18.3. The normalized spacial score (nSPS) is 15.9. The van der Waals surface area contributed by atoms with Crippen molar-refractivity contribution < 1.29 is 14.3 Å². The molecule has 8 nitrogen and oxygen atoms in total. The Balaban J connectivity index is 1.71. The predicted molar refractivity (Wildman–Crippen MR) is 118 cm³/mol. The summed E-state index contributed by atoms with van der Waals surface area (Å²) in [5.74, 6) is -0.499. The number of aromatic nitrogens is 3. The number of benzene rings is 2. The minimum Gasteiger partial charge on any atom is -0.463 e. The second kappa shape index (κ2) is 9.13. The first kappa shape index (κ1) is 20.8. The van der Waals surface area contributed by atoms with Gasteiger partial charge in [0.05, 0.1) is 36.7 Å². The Bertz CT molecular complexity index is 1130. The van der Waals surface area contributed by atoms with Crippen LogP contribution in [0.2, 0.25) is 0 Å². The predicted octanol–water partition coefficient (Wildman–Crippen LogP) is 3.58. The first-order valence-corrected chi connectivity index (χ1v) is 10.5. The van der Waals surface area contributed by atoms with E-state index in [2.05, 4.69) is 36.9 Å². The van der Waals surface area contributed by atoms with E-state index in [1.807, 2.05) is 54.6 Å². The van der Waals surface area contributed by atoms with Crippen molar-refractivity contribution in [2.45, 2.75) is 19.5 Å². The highest BCUT2D eigenvalue weighted by molar-refractivity contribution is 9.10. The monoisotopic (exact) mass is 481 g/mol. The van der Waals surface area contributed by atoms with Gasteiger partial charge in [-0.1, -0.05) is 63.6 Å². The van der Waals surface area contributed by atoms with E-state index in [0.29, 0.717) is 17.0 Å². The van der Waals surface area contributed by atoms with Gasteiger partial charge < -0.3 is 15.4 Å². The quantitative estimate of drug-likeness (QED) is 0.524. The molecule has 1 atom stereocenters. The summed E-state index contributed by atoms with van der Waals surface area (Å²) in [6.07, 6.45) is 1.77. The standard InChI is InChI=1S/C22H20BrN5O3/c1-2-31-21(29)19-18(13-28-12-17(26-27-28)14-6-4-3-5-7-14)24-22(30)25-20(19)15-8-10-16(23)11-9-15/h3-12,20H,2,13H2,1H3,(H2,24,25,30). The molecule has 2 amide bonds. The van der Waals surface area contributed by atoms with E-state index >= 15 is 0 Å². The molecule has 0 fully saturated rings. The molecule has 0 bridgehead atoms. The van der Waals surface area contributed by atoms with Crippen molar-refractivity contribution in [3.63, 3.8) is 0 Å². The number of hydrogen-bond acceptors (Lipinski definition) is 5. The summed E-state index contributed by atoms with van der Waals surface area (Å²) >= 11 is 3.41. The van der Waals surface area contributed by atoms with Gasteiger partial charge in [-0.3, -0.25) is 0 Å². The number of urea groups is 1. The number of carbonyl (C=O) groups excluding carboxylic acids is 2. The van der Waals surface area contributed by atoms with Crippen LogP contribution < -0.4 is 10.6 Å². The summed E-state index contributed by atoms with van der Waals surface area (Å²) in [4.78, 5) is 25.3. The number of amides is 2. The van der Waals surface area contributed by atoms with Crippen LogP contribution in [0.15, 0.2) is 76.5 Å². The van der Waals surface area contributed by atoms with Gasteiger partial charge in [-0.05, 0) is 24.6 Å². The van der Waals surface area contributed by atoms with Gasteiger partial charge in [-0.15, -0.1) is 5.10 Å². The zero-order valence-electron chi connectivity index (χ0n) is 16.7. The van der Waals surface area contributed by atoms with Gasteiger partial charge in [0.25, 0.3) is 0 Å². The minimum atomic E-state index is -0.645. The Labute approximate surface area is 187 Å². The minimum absolute atomic E-state index is 0.161. The van der Waals surface area contributed by atoms with Crippen molar-refractivity contribution in [2.75, 3.05) is 6.61 Å². The molecule has 2 heterocycles. The molecule has 2 aromatic carbocycles. The van der Waals surface area contributed by atoms with E-state index in [4.69, 9.17) is 4.74 Å². The Morgan fingerprint density at radius 3 is 2.61 bits per heavy atom. The van der Waals surface area contributed by atoms with Crippen molar-refractivity contribution in [2.24, 2.45) is 0 Å². The van der Waals surface area contributed by atoms with Gasteiger partial charge >= 0.3 is 12.0 Å². The number of ether oxygens (including phenoxy) is 1. The average Bonchev–Trinajstić information content (AvgIpc) is 3.23. The molecule has 0 saturated carbocycles. The van der Waals surface area contributed by atoms with Crippen molar-refractivity contribution in [1.82, 2.24) is 25.6 Å². The molecule has 3 aromatic rings. The largest absolute Gasteiger partial charge is 0.463 e. The van der Waals surface area contributed by atoms with Crippen LogP contribution in [0.25, 0.3) is 11.3 Å². The molecule has 1 aliphatic heterocycles. The number of nitrogens with one attached hydrogen (secondary N) is 2. The lowest BCUT2D eigenvalue weighted by atomic mass is 9.95. The zero-order chi connectivity index (χ0) is 21.8. The summed E-state index contributed by atoms with van der Waals surface area (Å²) in [6, 6.07) is 16.0. The molecule has 0 radical (unpaired) electrons. The lowest BCUT2D eigenvalue weighted by Crippen LogP contribution is -2.46. The molecule has 31 heavy (non-hydrogen) atoms. The molecular formula is C22H20BrN5O3. The van der Waals surface area contributed by atoms with Crippen molar-refractivity contribution in [3.05, 3.63) is 82.1 Å². The maximum atomic E-state index is 12.9. The van der Waals surface area contributed by atoms with Gasteiger partial charge in [0.15, 0.2) is 0 Å². The van der Waals surface area contributed by atoms with Crippen molar-refractivity contribution >= 4 is 27.9 Å². The van der Waals surface area contributed by atoms with Gasteiger partial charge in [0.1, 0.15) is 5.69 Å². The first-order chi connectivity index (χ1) is 15.0. The van der Waals surface area contributed by atoms with Crippen LogP contribution in [0.4, 0.5) is 4.79 Å². The van der Waals surface area contributed by atoms with Gasteiger partial charge in [-0.2, -0.15) is 0 Å². The molecule has 0 saturated heterocycles. The number of halogens is 1. The smallest absolute Gasteiger partial charge is 0.338 e. The number of rotatable bonds is 6. The van der Waals surface area contributed by atoms with Gasteiger partial charge in [0.2, 0.25) is 0 Å². The Hall–Kier alpha value is -3.46. The fraction of sp³-hybridized carbons (Fsp3) is 0.182. The molecule has 0 aliphatic carbocycles. The number of hydrogen-bond donors (Lipinski definition) is 2. The Morgan fingerprint density at radius 2 is 1.90 bits per heavy atom. The third-order valence-electron chi connectivity index (χ3n) is 4.78. The van der Waals surface area contributed by atoms with Gasteiger partial charge in [0, 0.05) is 10.0 Å². The van der Waals surface area contributed by atoms with E-state index in [1.165, 1.54) is 0 Å². The topological polar surface area (TPSA) is 98.1 Å². The molecule has 4 rings (SSSR count). The number of carbonyl (C=O) groups is 2. The lowest BCUT2D eigenvalue weighted by molar-refractivity contribution is -0.139. The Morgan fingerprint density at radius 1 is 1.16 bits per heavy atom. The van der Waals surface area contributed by atoms with E-state index < -0.39 is 18.0 Å². The highest BCUT2D eigenvalue weighted by atomic mass is 79.9. The van der Waals surface area contributed by atoms with Crippen LogP contribution >= 0.6 is 15.9 Å². The van der Waals surface area contributed by atoms with Crippen LogP contribution in [0.5, 0.6) is 0 Å². The Kier molecular flexibility index (Phi) is 6.13. The van der Waals surface area contributed by atoms with Crippen LogP contribution in [0.3, 0.4) is 0 Å². The summed E-state index contributed by atoms with van der Waals surface area (Å²) < 4.78 is 7.77. The van der Waals surface area contributed by atoms with Crippen LogP contribution in [-0.4, -0.2) is 33.6 Å². The summed E-state index contributed by atoms with van der Waals surface area (Å²) in [7, 11) is 0. The molecule has 1 aromatic heterocycles. The first-order valence-electron chi connectivity index (χ1n) is 9.74. The van der Waals surface area contributed by atoms with Crippen molar-refractivity contribution in [1.29, 1.82) is 0 Å². The van der Waals surface area contributed by atoms with Gasteiger partial charge in [-0.25, -0.2) is 14.3 Å². The van der Waals surface area contributed by atoms with E-state index in [-0.39, 0.29) is 13.2 Å². The lowest BCUT2D eigenvalue weighted by Gasteiger charge is -2.29. The third-order valence-corrected chi connectivity index (χ3v) is 5.31. The summed E-state index contributed by atoms with van der Waals surface area (Å²) in [6.45, 7) is 2.12.